The molecule has 0 saturated heterocycles. The van der Waals surface area contributed by atoms with Crippen LogP contribution in [0.5, 0.6) is 5.75 Å². The van der Waals surface area contributed by atoms with Crippen molar-refractivity contribution in [1.82, 2.24) is 5.32 Å². The minimum absolute atomic E-state index is 0.0676. The lowest BCUT2D eigenvalue weighted by atomic mass is 9.95. The summed E-state index contributed by atoms with van der Waals surface area (Å²) >= 11 is 0. The van der Waals surface area contributed by atoms with E-state index in [-0.39, 0.29) is 12.3 Å². The number of hydrogen-bond acceptors (Lipinski definition) is 3. The van der Waals surface area contributed by atoms with Gasteiger partial charge in [0, 0.05) is 13.5 Å². The first-order chi connectivity index (χ1) is 9.58. The Balaban J connectivity index is 2.72. The van der Waals surface area contributed by atoms with Gasteiger partial charge in [0.15, 0.2) is 0 Å². The minimum Gasteiger partial charge on any atom is -0.494 e. The predicted octanol–water partition coefficient (Wildman–Crippen LogP) is 2.17. The summed E-state index contributed by atoms with van der Waals surface area (Å²) in [6, 6.07) is 6.88. The predicted molar refractivity (Wildman–Crippen MR) is 75.9 cm³/mol. The first kappa shape index (κ1) is 16.0. The Labute approximate surface area is 118 Å². The quantitative estimate of drug-likeness (QED) is 0.715. The molecule has 2 N–H and O–H groups in total. The number of rotatable bonds is 8. The lowest BCUT2D eigenvalue weighted by Crippen LogP contribution is -2.24. The average molecular weight is 279 g/mol. The van der Waals surface area contributed by atoms with Gasteiger partial charge in [-0.2, -0.15) is 0 Å². The Morgan fingerprint density at radius 3 is 2.45 bits per heavy atom. The molecular weight excluding hydrogens is 258 g/mol. The van der Waals surface area contributed by atoms with Gasteiger partial charge in [0.25, 0.3) is 0 Å². The molecule has 0 aliphatic heterocycles. The normalized spacial score (nSPS) is 11.7. The van der Waals surface area contributed by atoms with E-state index in [2.05, 4.69) is 12.2 Å². The third-order valence-electron chi connectivity index (χ3n) is 3.02. The van der Waals surface area contributed by atoms with Crippen molar-refractivity contribution in [2.45, 2.75) is 32.1 Å². The fraction of sp³-hybridized carbons (Fsp3) is 0.467. The zero-order chi connectivity index (χ0) is 15.0. The molecule has 1 aromatic rings. The second-order valence-electron chi connectivity index (χ2n) is 4.54. The summed E-state index contributed by atoms with van der Waals surface area (Å²) in [5.74, 6) is -1.42. The molecule has 0 aliphatic carbocycles. The fourth-order valence-electron chi connectivity index (χ4n) is 1.77. The number of aliphatic carboxylic acids is 1. The van der Waals surface area contributed by atoms with Crippen molar-refractivity contribution in [1.29, 1.82) is 0 Å². The van der Waals surface area contributed by atoms with Gasteiger partial charge in [-0.1, -0.05) is 25.5 Å². The smallest absolute Gasteiger partial charge is 0.311 e. The molecule has 20 heavy (non-hydrogen) atoms. The summed E-state index contributed by atoms with van der Waals surface area (Å²) in [5, 5.41) is 11.6. The molecule has 5 nitrogen and oxygen atoms in total. The highest BCUT2D eigenvalue weighted by Crippen LogP contribution is 2.23. The van der Waals surface area contributed by atoms with Gasteiger partial charge in [-0.3, -0.25) is 9.59 Å². The van der Waals surface area contributed by atoms with Crippen LogP contribution in [0.25, 0.3) is 0 Å². The highest BCUT2D eigenvalue weighted by Gasteiger charge is 2.22. The molecule has 0 aromatic heterocycles. The summed E-state index contributed by atoms with van der Waals surface area (Å²) in [4.78, 5) is 22.6. The molecule has 110 valence electrons. The van der Waals surface area contributed by atoms with Gasteiger partial charge in [0.05, 0.1) is 12.5 Å². The molecule has 0 fully saturated rings. The number of benzene rings is 1. The monoisotopic (exact) mass is 279 g/mol. The molecule has 0 unspecified atom stereocenters. The van der Waals surface area contributed by atoms with E-state index in [4.69, 9.17) is 4.74 Å². The number of carbonyl (C=O) groups is 2. The van der Waals surface area contributed by atoms with Gasteiger partial charge in [0.1, 0.15) is 5.75 Å². The SMILES string of the molecule is CCCCOc1ccc([C@H](CC(=O)NC)C(=O)O)cc1. The van der Waals surface area contributed by atoms with Crippen molar-refractivity contribution in [2.75, 3.05) is 13.7 Å². The number of amides is 1. The second-order valence-corrected chi connectivity index (χ2v) is 4.54. The summed E-state index contributed by atoms with van der Waals surface area (Å²) in [5.41, 5.74) is 0.601. The van der Waals surface area contributed by atoms with Crippen LogP contribution in [0.3, 0.4) is 0 Å². The van der Waals surface area contributed by atoms with Crippen molar-refractivity contribution >= 4 is 11.9 Å². The van der Waals surface area contributed by atoms with Gasteiger partial charge in [-0.05, 0) is 24.1 Å². The number of ether oxygens (including phenoxy) is 1. The number of hydrogen-bond donors (Lipinski definition) is 2. The first-order valence-electron chi connectivity index (χ1n) is 6.74. The maximum atomic E-state index is 11.3. The summed E-state index contributed by atoms with van der Waals surface area (Å²) in [7, 11) is 1.49. The highest BCUT2D eigenvalue weighted by atomic mass is 16.5. The Morgan fingerprint density at radius 1 is 1.30 bits per heavy atom. The van der Waals surface area contributed by atoms with Gasteiger partial charge >= 0.3 is 5.97 Å². The Bertz CT molecular complexity index is 442. The number of carbonyl (C=O) groups excluding carboxylic acids is 1. The Hall–Kier alpha value is -2.04. The average Bonchev–Trinajstić information content (AvgIpc) is 2.45. The number of nitrogens with one attached hydrogen (secondary N) is 1. The molecule has 1 aromatic carbocycles. The van der Waals surface area contributed by atoms with Gasteiger partial charge in [0.2, 0.25) is 5.91 Å². The van der Waals surface area contributed by atoms with E-state index in [0.29, 0.717) is 17.9 Å². The van der Waals surface area contributed by atoms with Crippen molar-refractivity contribution in [3.8, 4) is 5.75 Å². The van der Waals surface area contributed by atoms with Crippen LogP contribution < -0.4 is 10.1 Å². The van der Waals surface area contributed by atoms with Gasteiger partial charge in [-0.15, -0.1) is 0 Å². The molecule has 0 spiro atoms. The maximum Gasteiger partial charge on any atom is 0.311 e. The third-order valence-corrected chi connectivity index (χ3v) is 3.02. The zero-order valence-corrected chi connectivity index (χ0v) is 11.9. The molecule has 0 aliphatic rings. The topological polar surface area (TPSA) is 75.6 Å². The molecule has 1 atom stereocenters. The van der Waals surface area contributed by atoms with E-state index in [1.54, 1.807) is 24.3 Å². The van der Waals surface area contributed by atoms with Crippen LogP contribution in [0, 0.1) is 0 Å². The molecule has 0 heterocycles. The Kier molecular flexibility index (Phi) is 6.56. The summed E-state index contributed by atoms with van der Waals surface area (Å²) < 4.78 is 5.52. The number of carboxylic acids is 1. The molecule has 0 bridgehead atoms. The van der Waals surface area contributed by atoms with E-state index in [9.17, 15) is 14.7 Å². The Morgan fingerprint density at radius 2 is 1.95 bits per heavy atom. The fourth-order valence-corrected chi connectivity index (χ4v) is 1.77. The van der Waals surface area contributed by atoms with Crippen LogP contribution >= 0.6 is 0 Å². The first-order valence-corrected chi connectivity index (χ1v) is 6.74. The van der Waals surface area contributed by atoms with E-state index in [1.807, 2.05) is 0 Å². The van der Waals surface area contributed by atoms with Crippen LogP contribution in [-0.4, -0.2) is 30.6 Å². The molecular formula is C15H21NO4. The van der Waals surface area contributed by atoms with Crippen LogP contribution in [-0.2, 0) is 9.59 Å². The highest BCUT2D eigenvalue weighted by molar-refractivity contribution is 5.85. The lowest BCUT2D eigenvalue weighted by molar-refractivity contribution is -0.140. The van der Waals surface area contributed by atoms with E-state index >= 15 is 0 Å². The maximum absolute atomic E-state index is 11.3. The number of carboxylic acid groups (broad SMARTS) is 1. The number of unbranched alkanes of at least 4 members (excludes halogenated alkanes) is 1. The minimum atomic E-state index is -1.01. The van der Waals surface area contributed by atoms with Crippen LogP contribution in [0.4, 0.5) is 0 Å². The molecule has 1 rings (SSSR count). The third kappa shape index (κ3) is 4.91. The van der Waals surface area contributed by atoms with Gasteiger partial charge < -0.3 is 15.2 Å². The molecule has 0 radical (unpaired) electrons. The summed E-state index contributed by atoms with van der Waals surface area (Å²) in [6.07, 6.45) is 1.98. The van der Waals surface area contributed by atoms with Crippen molar-refractivity contribution in [3.05, 3.63) is 29.8 Å². The van der Waals surface area contributed by atoms with E-state index < -0.39 is 11.9 Å². The lowest BCUT2D eigenvalue weighted by Gasteiger charge is -2.13. The van der Waals surface area contributed by atoms with E-state index in [0.717, 1.165) is 12.8 Å². The second kappa shape index (κ2) is 8.19. The summed E-state index contributed by atoms with van der Waals surface area (Å²) in [6.45, 7) is 2.74. The largest absolute Gasteiger partial charge is 0.494 e. The van der Waals surface area contributed by atoms with Crippen LogP contribution in [0.1, 0.15) is 37.7 Å². The van der Waals surface area contributed by atoms with E-state index in [1.165, 1.54) is 7.05 Å². The van der Waals surface area contributed by atoms with Crippen molar-refractivity contribution < 1.29 is 19.4 Å². The van der Waals surface area contributed by atoms with Crippen LogP contribution in [0.15, 0.2) is 24.3 Å². The zero-order valence-electron chi connectivity index (χ0n) is 11.9. The van der Waals surface area contributed by atoms with Crippen molar-refractivity contribution in [3.63, 3.8) is 0 Å². The molecule has 0 saturated carbocycles. The molecule has 1 amide bonds. The van der Waals surface area contributed by atoms with Crippen molar-refractivity contribution in [2.24, 2.45) is 0 Å². The van der Waals surface area contributed by atoms with Crippen LogP contribution in [0.2, 0.25) is 0 Å². The van der Waals surface area contributed by atoms with Gasteiger partial charge in [-0.25, -0.2) is 0 Å². The molecule has 5 heteroatoms. The standard InChI is InChI=1S/C15H21NO4/c1-3-4-9-20-12-7-5-11(6-8-12)13(15(18)19)10-14(17)16-2/h5-8,13H,3-4,9-10H2,1-2H3,(H,16,17)(H,18,19)/t13-/m0/s1.